The Kier molecular flexibility index (Phi) is 5.68. The molecule has 0 spiro atoms. The molecule has 25 heavy (non-hydrogen) atoms. The molecule has 0 saturated heterocycles. The van der Waals surface area contributed by atoms with Crippen LogP contribution in [0.15, 0.2) is 70.2 Å². The van der Waals surface area contributed by atoms with Crippen LogP contribution in [0.25, 0.3) is 0 Å². The Bertz CT molecular complexity index is 864. The van der Waals surface area contributed by atoms with E-state index in [0.29, 0.717) is 22.2 Å². The summed E-state index contributed by atoms with van der Waals surface area (Å²) in [5.74, 6) is 1.22. The molecule has 6 heteroatoms. The van der Waals surface area contributed by atoms with Gasteiger partial charge in [0.05, 0.1) is 24.1 Å². The number of halogens is 1. The maximum Gasteiger partial charge on any atom is 0.291 e. The van der Waals surface area contributed by atoms with Crippen LogP contribution >= 0.6 is 23.4 Å². The summed E-state index contributed by atoms with van der Waals surface area (Å²) >= 11 is 7.81. The number of ether oxygens (including phenoxy) is 1. The van der Waals surface area contributed by atoms with Crippen LogP contribution in [0.4, 0.5) is 5.69 Å². The first-order valence-electron chi connectivity index (χ1n) is 7.56. The van der Waals surface area contributed by atoms with Crippen molar-refractivity contribution in [3.8, 4) is 5.75 Å². The van der Waals surface area contributed by atoms with Crippen molar-refractivity contribution >= 4 is 35.0 Å². The summed E-state index contributed by atoms with van der Waals surface area (Å²) in [6, 6.07) is 16.9. The highest BCUT2D eigenvalue weighted by atomic mass is 35.5. The molecular weight excluding hydrogens is 358 g/mol. The summed E-state index contributed by atoms with van der Waals surface area (Å²) in [7, 11) is 1.56. The summed E-state index contributed by atoms with van der Waals surface area (Å²) in [4.78, 5) is 13.6. The lowest BCUT2D eigenvalue weighted by molar-refractivity contribution is 0.0995. The lowest BCUT2D eigenvalue weighted by Crippen LogP contribution is -2.13. The molecule has 0 radical (unpaired) electrons. The van der Waals surface area contributed by atoms with E-state index in [9.17, 15) is 4.79 Å². The summed E-state index contributed by atoms with van der Waals surface area (Å²) in [6.45, 7) is 0. The zero-order valence-electron chi connectivity index (χ0n) is 13.5. The fraction of sp³-hybridized carbons (Fsp3) is 0.105. The second kappa shape index (κ2) is 8.14. The van der Waals surface area contributed by atoms with Gasteiger partial charge >= 0.3 is 0 Å². The van der Waals surface area contributed by atoms with E-state index in [4.69, 9.17) is 20.8 Å². The molecule has 1 aromatic heterocycles. The first-order chi connectivity index (χ1) is 12.2. The van der Waals surface area contributed by atoms with Crippen LogP contribution in [0.1, 0.15) is 16.1 Å². The number of anilines is 1. The number of carbonyl (C=O) groups excluding carboxylic acids is 1. The predicted molar refractivity (Wildman–Crippen MR) is 101 cm³/mol. The standard InChI is InChI=1S/C19H16ClNO3S/c1-23-14-7-8-17(16(20)11-14)21-19(22)18-13(9-10-24-18)12-25-15-5-3-2-4-6-15/h2-11H,12H2,1H3,(H,21,22). The van der Waals surface area contributed by atoms with Gasteiger partial charge in [0.1, 0.15) is 5.75 Å². The number of benzene rings is 2. The molecule has 0 fully saturated rings. The van der Waals surface area contributed by atoms with Gasteiger partial charge in [-0.25, -0.2) is 0 Å². The third kappa shape index (κ3) is 4.38. The van der Waals surface area contributed by atoms with Gasteiger partial charge in [0.15, 0.2) is 5.76 Å². The quantitative estimate of drug-likeness (QED) is 0.581. The van der Waals surface area contributed by atoms with Crippen LogP contribution in [0.3, 0.4) is 0 Å². The minimum atomic E-state index is -0.333. The van der Waals surface area contributed by atoms with Gasteiger partial charge in [-0.3, -0.25) is 4.79 Å². The van der Waals surface area contributed by atoms with E-state index < -0.39 is 0 Å². The van der Waals surface area contributed by atoms with Gasteiger partial charge in [-0.05, 0) is 30.3 Å². The van der Waals surface area contributed by atoms with Crippen molar-refractivity contribution in [1.82, 2.24) is 0 Å². The Morgan fingerprint density at radius 1 is 1.20 bits per heavy atom. The van der Waals surface area contributed by atoms with Crippen LogP contribution in [-0.2, 0) is 5.75 Å². The zero-order chi connectivity index (χ0) is 17.6. The number of furan rings is 1. The van der Waals surface area contributed by atoms with Crippen LogP contribution in [0, 0.1) is 0 Å². The Labute approximate surface area is 155 Å². The average molecular weight is 374 g/mol. The third-order valence-corrected chi connectivity index (χ3v) is 4.89. The maximum absolute atomic E-state index is 12.5. The largest absolute Gasteiger partial charge is 0.497 e. The van der Waals surface area contributed by atoms with E-state index in [2.05, 4.69) is 5.32 Å². The van der Waals surface area contributed by atoms with E-state index >= 15 is 0 Å². The number of thioether (sulfide) groups is 1. The molecule has 0 unspecified atom stereocenters. The highest BCUT2D eigenvalue weighted by Gasteiger charge is 2.17. The number of amides is 1. The summed E-state index contributed by atoms with van der Waals surface area (Å²) in [6.07, 6.45) is 1.52. The van der Waals surface area contributed by atoms with Crippen molar-refractivity contribution in [3.63, 3.8) is 0 Å². The maximum atomic E-state index is 12.5. The molecule has 0 aliphatic heterocycles. The van der Waals surface area contributed by atoms with Crippen molar-refractivity contribution in [3.05, 3.63) is 77.2 Å². The highest BCUT2D eigenvalue weighted by molar-refractivity contribution is 7.98. The van der Waals surface area contributed by atoms with E-state index in [1.165, 1.54) is 6.26 Å². The monoisotopic (exact) mass is 373 g/mol. The number of nitrogens with one attached hydrogen (secondary N) is 1. The molecule has 0 bridgehead atoms. The Morgan fingerprint density at radius 2 is 2.00 bits per heavy atom. The topological polar surface area (TPSA) is 51.5 Å². The van der Waals surface area contributed by atoms with E-state index in [0.717, 1.165) is 10.5 Å². The normalized spacial score (nSPS) is 10.5. The second-order valence-corrected chi connectivity index (χ2v) is 6.63. The van der Waals surface area contributed by atoms with Gasteiger partial charge in [-0.15, -0.1) is 11.8 Å². The SMILES string of the molecule is COc1ccc(NC(=O)c2occc2CSc2ccccc2)c(Cl)c1. The summed E-state index contributed by atoms with van der Waals surface area (Å²) in [5.41, 5.74) is 1.33. The third-order valence-electron chi connectivity index (χ3n) is 3.51. The molecule has 0 atom stereocenters. The van der Waals surface area contributed by atoms with E-state index in [1.54, 1.807) is 43.1 Å². The van der Waals surface area contributed by atoms with Gasteiger partial charge in [-0.1, -0.05) is 29.8 Å². The molecule has 1 N–H and O–H groups in total. The van der Waals surface area contributed by atoms with Crippen molar-refractivity contribution in [2.24, 2.45) is 0 Å². The van der Waals surface area contributed by atoms with Gasteiger partial charge in [0, 0.05) is 22.3 Å². The van der Waals surface area contributed by atoms with Crippen molar-refractivity contribution in [1.29, 1.82) is 0 Å². The molecular formula is C19H16ClNO3S. The lowest BCUT2D eigenvalue weighted by Gasteiger charge is -2.08. The van der Waals surface area contributed by atoms with Crippen LogP contribution in [0.2, 0.25) is 5.02 Å². The minimum absolute atomic E-state index is 0.287. The van der Waals surface area contributed by atoms with Crippen LogP contribution < -0.4 is 10.1 Å². The van der Waals surface area contributed by atoms with Gasteiger partial charge in [-0.2, -0.15) is 0 Å². The van der Waals surface area contributed by atoms with Crippen LogP contribution in [-0.4, -0.2) is 13.0 Å². The lowest BCUT2D eigenvalue weighted by atomic mass is 10.2. The molecule has 4 nitrogen and oxygen atoms in total. The number of methoxy groups -OCH3 is 1. The van der Waals surface area contributed by atoms with E-state index in [1.807, 2.05) is 30.3 Å². The second-order valence-electron chi connectivity index (χ2n) is 5.18. The molecule has 0 saturated carbocycles. The zero-order valence-corrected chi connectivity index (χ0v) is 15.1. The molecule has 1 amide bonds. The van der Waals surface area contributed by atoms with Gasteiger partial charge in [0.25, 0.3) is 5.91 Å². The number of hydrogen-bond acceptors (Lipinski definition) is 4. The minimum Gasteiger partial charge on any atom is -0.497 e. The molecule has 0 aliphatic rings. The molecule has 0 aliphatic carbocycles. The first-order valence-corrected chi connectivity index (χ1v) is 8.93. The van der Waals surface area contributed by atoms with Gasteiger partial charge < -0.3 is 14.5 Å². The molecule has 128 valence electrons. The van der Waals surface area contributed by atoms with Crippen molar-refractivity contribution in [2.45, 2.75) is 10.6 Å². The Morgan fingerprint density at radius 3 is 2.72 bits per heavy atom. The predicted octanol–water partition coefficient (Wildman–Crippen LogP) is 5.49. The number of hydrogen-bond donors (Lipinski definition) is 1. The smallest absolute Gasteiger partial charge is 0.291 e. The number of carbonyl (C=O) groups is 1. The molecule has 3 aromatic rings. The molecule has 2 aromatic carbocycles. The van der Waals surface area contributed by atoms with Crippen LogP contribution in [0.5, 0.6) is 5.75 Å². The number of rotatable bonds is 6. The average Bonchev–Trinajstić information content (AvgIpc) is 3.11. The van der Waals surface area contributed by atoms with Crippen molar-refractivity contribution < 1.29 is 13.9 Å². The summed E-state index contributed by atoms with van der Waals surface area (Å²) < 4.78 is 10.5. The van der Waals surface area contributed by atoms with E-state index in [-0.39, 0.29) is 11.7 Å². The summed E-state index contributed by atoms with van der Waals surface area (Å²) in [5, 5.41) is 3.18. The van der Waals surface area contributed by atoms with Crippen molar-refractivity contribution in [2.75, 3.05) is 12.4 Å². The fourth-order valence-electron chi connectivity index (χ4n) is 2.23. The Balaban J connectivity index is 1.70. The molecule has 1 heterocycles. The Hall–Kier alpha value is -2.37. The highest BCUT2D eigenvalue weighted by Crippen LogP contribution is 2.29. The molecule has 3 rings (SSSR count). The fourth-order valence-corrected chi connectivity index (χ4v) is 3.35. The van der Waals surface area contributed by atoms with Gasteiger partial charge in [0.2, 0.25) is 0 Å². The first kappa shape index (κ1) is 17.5.